The molecule has 0 fully saturated rings. The summed E-state index contributed by atoms with van der Waals surface area (Å²) in [6.45, 7) is 0.141. The summed E-state index contributed by atoms with van der Waals surface area (Å²) in [5, 5.41) is 0.438. The van der Waals surface area contributed by atoms with Crippen LogP contribution in [0.15, 0.2) is 42.5 Å². The van der Waals surface area contributed by atoms with Crippen molar-refractivity contribution in [1.82, 2.24) is 0 Å². The second-order valence-corrected chi connectivity index (χ2v) is 4.60. The molecule has 0 amide bonds. The summed E-state index contributed by atoms with van der Waals surface area (Å²) >= 11 is 5.84. The fourth-order valence-corrected chi connectivity index (χ4v) is 1.87. The van der Waals surface area contributed by atoms with Crippen LogP contribution in [0.1, 0.15) is 15.9 Å². The summed E-state index contributed by atoms with van der Waals surface area (Å²) in [4.78, 5) is 12.0. The highest BCUT2D eigenvalue weighted by atomic mass is 35.5. The summed E-state index contributed by atoms with van der Waals surface area (Å²) in [7, 11) is 1.58. The number of hydrogen-bond donors (Lipinski definition) is 1. The number of methoxy groups -OCH3 is 1. The van der Waals surface area contributed by atoms with Gasteiger partial charge in [0.25, 0.3) is 0 Å². The molecule has 2 aromatic carbocycles. The Kier molecular flexibility index (Phi) is 4.48. The summed E-state index contributed by atoms with van der Waals surface area (Å²) in [5.74, 6) is 0.202. The molecule has 0 saturated heterocycles. The first-order valence-corrected chi connectivity index (χ1v) is 6.33. The van der Waals surface area contributed by atoms with Crippen LogP contribution >= 0.6 is 11.6 Å². The Hall–Kier alpha value is -2.20. The smallest absolute Gasteiger partial charge is 0.340 e. The Morgan fingerprint density at radius 3 is 2.80 bits per heavy atom. The summed E-state index contributed by atoms with van der Waals surface area (Å²) < 4.78 is 10.3. The number of nitrogen functional groups attached to an aromatic ring is 1. The van der Waals surface area contributed by atoms with Gasteiger partial charge in [0.2, 0.25) is 0 Å². The number of ether oxygens (including phenoxy) is 2. The van der Waals surface area contributed by atoms with Crippen LogP contribution in [0.4, 0.5) is 5.69 Å². The second kappa shape index (κ2) is 6.30. The van der Waals surface area contributed by atoms with Gasteiger partial charge in [-0.05, 0) is 35.9 Å². The lowest BCUT2D eigenvalue weighted by Crippen LogP contribution is -2.08. The monoisotopic (exact) mass is 291 g/mol. The number of rotatable bonds is 4. The van der Waals surface area contributed by atoms with Crippen molar-refractivity contribution in [2.24, 2.45) is 0 Å². The molecule has 4 nitrogen and oxygen atoms in total. The molecule has 0 spiro atoms. The van der Waals surface area contributed by atoms with Crippen molar-refractivity contribution in [3.05, 3.63) is 58.6 Å². The van der Waals surface area contributed by atoms with Gasteiger partial charge in [-0.25, -0.2) is 4.79 Å². The van der Waals surface area contributed by atoms with Crippen LogP contribution in [0.5, 0.6) is 5.75 Å². The van der Waals surface area contributed by atoms with Gasteiger partial charge < -0.3 is 15.2 Å². The molecule has 0 atom stereocenters. The molecular weight excluding hydrogens is 278 g/mol. The van der Waals surface area contributed by atoms with Crippen molar-refractivity contribution in [3.63, 3.8) is 0 Å². The number of hydrogen-bond acceptors (Lipinski definition) is 4. The standard InChI is InChI=1S/C15H14ClNO3/c1-19-12-4-2-3-10(7-12)9-20-15(18)13-8-11(16)5-6-14(13)17/h2-8H,9,17H2,1H3. The highest BCUT2D eigenvalue weighted by Gasteiger charge is 2.12. The molecule has 2 rings (SSSR count). The molecule has 0 heterocycles. The van der Waals surface area contributed by atoms with E-state index in [9.17, 15) is 4.79 Å². The van der Waals surface area contributed by atoms with Crippen molar-refractivity contribution in [2.75, 3.05) is 12.8 Å². The second-order valence-electron chi connectivity index (χ2n) is 4.16. The maximum Gasteiger partial charge on any atom is 0.340 e. The van der Waals surface area contributed by atoms with Crippen LogP contribution in [0, 0.1) is 0 Å². The highest BCUT2D eigenvalue weighted by Crippen LogP contribution is 2.20. The minimum absolute atomic E-state index is 0.141. The minimum Gasteiger partial charge on any atom is -0.497 e. The van der Waals surface area contributed by atoms with E-state index in [0.717, 1.165) is 5.56 Å². The zero-order chi connectivity index (χ0) is 14.5. The fraction of sp³-hybridized carbons (Fsp3) is 0.133. The maximum absolute atomic E-state index is 12.0. The first-order chi connectivity index (χ1) is 9.60. The largest absolute Gasteiger partial charge is 0.497 e. The zero-order valence-electron chi connectivity index (χ0n) is 10.9. The molecule has 0 unspecified atom stereocenters. The van der Waals surface area contributed by atoms with Gasteiger partial charge in [0, 0.05) is 10.7 Å². The number of anilines is 1. The van der Waals surface area contributed by atoms with Crippen molar-refractivity contribution in [3.8, 4) is 5.75 Å². The van der Waals surface area contributed by atoms with E-state index >= 15 is 0 Å². The first-order valence-electron chi connectivity index (χ1n) is 5.95. The number of nitrogens with two attached hydrogens (primary N) is 1. The SMILES string of the molecule is COc1cccc(COC(=O)c2cc(Cl)ccc2N)c1. The average Bonchev–Trinajstić information content (AvgIpc) is 2.47. The number of carbonyl (C=O) groups excluding carboxylic acids is 1. The summed E-state index contributed by atoms with van der Waals surface area (Å²) in [6.07, 6.45) is 0. The van der Waals surface area contributed by atoms with E-state index in [4.69, 9.17) is 26.8 Å². The molecule has 0 aliphatic carbocycles. The van der Waals surface area contributed by atoms with E-state index in [-0.39, 0.29) is 12.2 Å². The molecular formula is C15H14ClNO3. The highest BCUT2D eigenvalue weighted by molar-refractivity contribution is 6.31. The maximum atomic E-state index is 12.0. The minimum atomic E-state index is -0.507. The van der Waals surface area contributed by atoms with E-state index in [0.29, 0.717) is 16.5 Å². The lowest BCUT2D eigenvalue weighted by molar-refractivity contribution is 0.0473. The van der Waals surface area contributed by atoms with Gasteiger partial charge in [-0.1, -0.05) is 23.7 Å². The Morgan fingerprint density at radius 1 is 1.25 bits per heavy atom. The Labute approximate surface area is 122 Å². The van der Waals surface area contributed by atoms with Crippen LogP contribution in [0.3, 0.4) is 0 Å². The molecule has 2 aromatic rings. The third-order valence-electron chi connectivity index (χ3n) is 2.74. The Morgan fingerprint density at radius 2 is 2.05 bits per heavy atom. The quantitative estimate of drug-likeness (QED) is 0.693. The van der Waals surface area contributed by atoms with E-state index in [1.807, 2.05) is 18.2 Å². The van der Waals surface area contributed by atoms with Gasteiger partial charge in [-0.15, -0.1) is 0 Å². The van der Waals surface area contributed by atoms with E-state index in [2.05, 4.69) is 0 Å². The number of carbonyl (C=O) groups is 1. The lowest BCUT2D eigenvalue weighted by Gasteiger charge is -2.08. The molecule has 0 aliphatic heterocycles. The molecule has 0 bridgehead atoms. The zero-order valence-corrected chi connectivity index (χ0v) is 11.7. The van der Waals surface area contributed by atoms with Gasteiger partial charge in [0.05, 0.1) is 12.7 Å². The first kappa shape index (κ1) is 14.2. The molecule has 0 radical (unpaired) electrons. The van der Waals surface area contributed by atoms with Gasteiger partial charge in [0.15, 0.2) is 0 Å². The third-order valence-corrected chi connectivity index (χ3v) is 2.97. The van der Waals surface area contributed by atoms with Crippen LogP contribution in [0.25, 0.3) is 0 Å². The number of halogens is 1. The van der Waals surface area contributed by atoms with Crippen molar-refractivity contribution in [1.29, 1.82) is 0 Å². The number of benzene rings is 2. The molecule has 0 aromatic heterocycles. The molecule has 5 heteroatoms. The van der Waals surface area contributed by atoms with Gasteiger partial charge in [0.1, 0.15) is 12.4 Å². The average molecular weight is 292 g/mol. The topological polar surface area (TPSA) is 61.5 Å². The predicted octanol–water partition coefficient (Wildman–Crippen LogP) is 3.29. The molecule has 104 valence electrons. The molecule has 0 saturated carbocycles. The van der Waals surface area contributed by atoms with Crippen molar-refractivity contribution in [2.45, 2.75) is 6.61 Å². The molecule has 0 aliphatic rings. The van der Waals surface area contributed by atoms with Crippen LogP contribution in [-0.4, -0.2) is 13.1 Å². The van der Waals surface area contributed by atoms with Gasteiger partial charge in [-0.2, -0.15) is 0 Å². The summed E-state index contributed by atoms with van der Waals surface area (Å²) in [5.41, 5.74) is 7.16. The predicted molar refractivity (Wildman–Crippen MR) is 78.0 cm³/mol. The van der Waals surface area contributed by atoms with Crippen molar-refractivity contribution < 1.29 is 14.3 Å². The third kappa shape index (κ3) is 3.42. The van der Waals surface area contributed by atoms with Crippen LogP contribution < -0.4 is 10.5 Å². The Bertz CT molecular complexity index is 628. The van der Waals surface area contributed by atoms with Crippen LogP contribution in [0.2, 0.25) is 5.02 Å². The summed E-state index contributed by atoms with van der Waals surface area (Å²) in [6, 6.07) is 12.0. The fourth-order valence-electron chi connectivity index (χ4n) is 1.69. The van der Waals surface area contributed by atoms with E-state index in [1.165, 1.54) is 6.07 Å². The molecule has 20 heavy (non-hydrogen) atoms. The normalized spacial score (nSPS) is 10.1. The van der Waals surface area contributed by atoms with Gasteiger partial charge >= 0.3 is 5.97 Å². The van der Waals surface area contributed by atoms with E-state index in [1.54, 1.807) is 25.3 Å². The Balaban J connectivity index is 2.06. The number of esters is 1. The van der Waals surface area contributed by atoms with Gasteiger partial charge in [-0.3, -0.25) is 0 Å². The van der Waals surface area contributed by atoms with Crippen LogP contribution in [-0.2, 0) is 11.3 Å². The lowest BCUT2D eigenvalue weighted by atomic mass is 10.2. The molecule has 2 N–H and O–H groups in total. The van der Waals surface area contributed by atoms with E-state index < -0.39 is 5.97 Å². The van der Waals surface area contributed by atoms with Crippen molar-refractivity contribution >= 4 is 23.3 Å².